The predicted molar refractivity (Wildman–Crippen MR) is 75.8 cm³/mol. The highest BCUT2D eigenvalue weighted by molar-refractivity contribution is 9.10. The molecule has 0 fully saturated rings. The van der Waals surface area contributed by atoms with Gasteiger partial charge in [0.15, 0.2) is 0 Å². The number of halogens is 1. The van der Waals surface area contributed by atoms with Gasteiger partial charge in [0.25, 0.3) is 0 Å². The van der Waals surface area contributed by atoms with Gasteiger partial charge in [-0.15, -0.1) is 0 Å². The van der Waals surface area contributed by atoms with E-state index < -0.39 is 0 Å². The fourth-order valence-corrected chi connectivity index (χ4v) is 1.83. The van der Waals surface area contributed by atoms with Crippen molar-refractivity contribution in [1.82, 2.24) is 4.98 Å². The lowest BCUT2D eigenvalue weighted by Crippen LogP contribution is -2.04. The molecule has 0 unspecified atom stereocenters. The lowest BCUT2D eigenvalue weighted by molar-refractivity contribution is 0.214. The average Bonchev–Trinajstić information content (AvgIpc) is 2.39. The molecule has 1 aromatic heterocycles. The van der Waals surface area contributed by atoms with Crippen molar-refractivity contribution in [1.29, 1.82) is 0 Å². The van der Waals surface area contributed by atoms with Crippen LogP contribution in [-0.2, 0) is 4.84 Å². The van der Waals surface area contributed by atoms with E-state index in [-0.39, 0.29) is 0 Å². The highest BCUT2D eigenvalue weighted by atomic mass is 79.9. The fourth-order valence-electron chi connectivity index (χ4n) is 1.59. The molecule has 0 atom stereocenters. The first kappa shape index (κ1) is 12.8. The molecule has 92 valence electrons. The quantitative estimate of drug-likeness (QED) is 0.494. The Bertz CT molecular complexity index is 500. The average molecular weight is 305 g/mol. The standard InChI is InChI=1S/C14H13BrN2O/c1-10-3-5-11(6-4-10)14(17-18-2)12-7-8-13(15)16-9-12/h3-9H,1-2H3/b17-14-. The number of hydrogen-bond acceptors (Lipinski definition) is 3. The molecule has 0 N–H and O–H groups in total. The molecule has 0 radical (unpaired) electrons. The van der Waals surface area contributed by atoms with E-state index in [0.717, 1.165) is 21.4 Å². The van der Waals surface area contributed by atoms with E-state index in [9.17, 15) is 0 Å². The molecular weight excluding hydrogens is 292 g/mol. The van der Waals surface area contributed by atoms with Crippen LogP contribution in [0.2, 0.25) is 0 Å². The van der Waals surface area contributed by atoms with Crippen molar-refractivity contribution in [2.24, 2.45) is 5.16 Å². The largest absolute Gasteiger partial charge is 0.399 e. The second kappa shape index (κ2) is 5.78. The summed E-state index contributed by atoms with van der Waals surface area (Å²) in [5.41, 5.74) is 3.91. The van der Waals surface area contributed by atoms with Gasteiger partial charge >= 0.3 is 0 Å². The normalized spacial score (nSPS) is 11.4. The van der Waals surface area contributed by atoms with E-state index in [1.165, 1.54) is 5.56 Å². The van der Waals surface area contributed by atoms with Crippen molar-refractivity contribution in [2.45, 2.75) is 6.92 Å². The molecular formula is C14H13BrN2O. The van der Waals surface area contributed by atoms with Gasteiger partial charge in [-0.1, -0.05) is 35.0 Å². The van der Waals surface area contributed by atoms with E-state index in [2.05, 4.69) is 33.0 Å². The zero-order chi connectivity index (χ0) is 13.0. The lowest BCUT2D eigenvalue weighted by atomic mass is 10.0. The van der Waals surface area contributed by atoms with Crippen LogP contribution in [0.25, 0.3) is 0 Å². The molecule has 0 amide bonds. The summed E-state index contributed by atoms with van der Waals surface area (Å²) in [4.78, 5) is 9.13. The number of benzene rings is 1. The maximum atomic E-state index is 4.92. The van der Waals surface area contributed by atoms with E-state index in [4.69, 9.17) is 4.84 Å². The van der Waals surface area contributed by atoms with Gasteiger partial charge in [0.1, 0.15) is 17.4 Å². The Morgan fingerprint density at radius 2 is 1.78 bits per heavy atom. The van der Waals surface area contributed by atoms with Crippen LogP contribution in [0, 0.1) is 6.92 Å². The molecule has 3 nitrogen and oxygen atoms in total. The topological polar surface area (TPSA) is 34.5 Å². The van der Waals surface area contributed by atoms with Crippen LogP contribution in [0.15, 0.2) is 52.4 Å². The van der Waals surface area contributed by atoms with Crippen LogP contribution in [0.3, 0.4) is 0 Å². The van der Waals surface area contributed by atoms with Gasteiger partial charge in [0.2, 0.25) is 0 Å². The van der Waals surface area contributed by atoms with Gasteiger partial charge in [-0.05, 0) is 35.0 Å². The molecule has 0 aliphatic heterocycles. The molecule has 0 aliphatic rings. The first-order valence-corrected chi connectivity index (χ1v) is 6.30. The second-order valence-corrected chi connectivity index (χ2v) is 4.67. The first-order chi connectivity index (χ1) is 8.70. The van der Waals surface area contributed by atoms with Crippen molar-refractivity contribution < 1.29 is 4.84 Å². The zero-order valence-corrected chi connectivity index (χ0v) is 11.8. The van der Waals surface area contributed by atoms with Crippen molar-refractivity contribution in [3.8, 4) is 0 Å². The zero-order valence-electron chi connectivity index (χ0n) is 10.2. The van der Waals surface area contributed by atoms with Gasteiger partial charge in [-0.25, -0.2) is 4.98 Å². The van der Waals surface area contributed by atoms with Crippen LogP contribution in [-0.4, -0.2) is 17.8 Å². The number of nitrogens with zero attached hydrogens (tertiary/aromatic N) is 2. The third-order valence-electron chi connectivity index (χ3n) is 2.51. The minimum absolute atomic E-state index is 0.775. The van der Waals surface area contributed by atoms with Crippen molar-refractivity contribution in [3.05, 3.63) is 63.9 Å². The summed E-state index contributed by atoms with van der Waals surface area (Å²) >= 11 is 3.32. The molecule has 2 aromatic rings. The minimum atomic E-state index is 0.775. The molecule has 1 aromatic carbocycles. The smallest absolute Gasteiger partial charge is 0.118 e. The van der Waals surface area contributed by atoms with Crippen molar-refractivity contribution in [3.63, 3.8) is 0 Å². The van der Waals surface area contributed by atoms with Crippen molar-refractivity contribution >= 4 is 21.6 Å². The maximum absolute atomic E-state index is 4.92. The summed E-state index contributed by atoms with van der Waals surface area (Å²) in [5, 5.41) is 4.09. The molecule has 0 saturated carbocycles. The highest BCUT2D eigenvalue weighted by Gasteiger charge is 2.08. The summed E-state index contributed by atoms with van der Waals surface area (Å²) in [5.74, 6) is 0. The van der Waals surface area contributed by atoms with Crippen molar-refractivity contribution in [2.75, 3.05) is 7.11 Å². The van der Waals surface area contributed by atoms with Crippen LogP contribution >= 0.6 is 15.9 Å². The van der Waals surface area contributed by atoms with Crippen LogP contribution in [0.4, 0.5) is 0 Å². The summed E-state index contributed by atoms with van der Waals surface area (Å²) in [6.07, 6.45) is 1.77. The summed E-state index contributed by atoms with van der Waals surface area (Å²) < 4.78 is 0.798. The number of aryl methyl sites for hydroxylation is 1. The molecule has 2 rings (SSSR count). The van der Waals surface area contributed by atoms with Crippen LogP contribution in [0.5, 0.6) is 0 Å². The van der Waals surface area contributed by atoms with Crippen LogP contribution < -0.4 is 0 Å². The second-order valence-electron chi connectivity index (χ2n) is 3.86. The molecule has 4 heteroatoms. The number of pyridine rings is 1. The minimum Gasteiger partial charge on any atom is -0.399 e. The number of rotatable bonds is 3. The molecule has 18 heavy (non-hydrogen) atoms. The van der Waals surface area contributed by atoms with E-state index in [1.807, 2.05) is 36.4 Å². The van der Waals surface area contributed by atoms with E-state index in [0.29, 0.717) is 0 Å². The maximum Gasteiger partial charge on any atom is 0.118 e. The summed E-state index contributed by atoms with van der Waals surface area (Å²) in [7, 11) is 1.54. The van der Waals surface area contributed by atoms with E-state index >= 15 is 0 Å². The molecule has 0 saturated heterocycles. The molecule has 0 spiro atoms. The third kappa shape index (κ3) is 2.96. The Morgan fingerprint density at radius 1 is 1.11 bits per heavy atom. The number of oxime groups is 1. The van der Waals surface area contributed by atoms with E-state index in [1.54, 1.807) is 13.3 Å². The monoisotopic (exact) mass is 304 g/mol. The summed E-state index contributed by atoms with van der Waals surface area (Å²) in [6.45, 7) is 2.05. The lowest BCUT2D eigenvalue weighted by Gasteiger charge is -2.06. The third-order valence-corrected chi connectivity index (χ3v) is 2.98. The highest BCUT2D eigenvalue weighted by Crippen LogP contribution is 2.14. The fraction of sp³-hybridized carbons (Fsp3) is 0.143. The number of aromatic nitrogens is 1. The van der Waals surface area contributed by atoms with Gasteiger partial charge in [0, 0.05) is 17.3 Å². The Morgan fingerprint density at radius 3 is 2.33 bits per heavy atom. The predicted octanol–water partition coefficient (Wildman–Crippen LogP) is 3.55. The summed E-state index contributed by atoms with van der Waals surface area (Å²) in [6, 6.07) is 12.0. The molecule has 0 bridgehead atoms. The first-order valence-electron chi connectivity index (χ1n) is 5.51. The Labute approximate surface area is 115 Å². The van der Waals surface area contributed by atoms with Gasteiger partial charge in [0.05, 0.1) is 0 Å². The SMILES string of the molecule is CO/N=C(/c1ccc(C)cc1)c1ccc(Br)nc1. The number of hydrogen-bond donors (Lipinski definition) is 0. The molecule has 0 aliphatic carbocycles. The Kier molecular flexibility index (Phi) is 4.10. The Balaban J connectivity index is 2.43. The van der Waals surface area contributed by atoms with Gasteiger partial charge in [-0.3, -0.25) is 0 Å². The Hall–Kier alpha value is -1.68. The van der Waals surface area contributed by atoms with Gasteiger partial charge < -0.3 is 4.84 Å². The van der Waals surface area contributed by atoms with Crippen LogP contribution in [0.1, 0.15) is 16.7 Å². The molecule has 1 heterocycles. The van der Waals surface area contributed by atoms with Gasteiger partial charge in [-0.2, -0.15) is 0 Å².